The second kappa shape index (κ2) is 5.58. The fourth-order valence-electron chi connectivity index (χ4n) is 2.64. The summed E-state index contributed by atoms with van der Waals surface area (Å²) in [6.07, 6.45) is 0. The lowest BCUT2D eigenvalue weighted by Gasteiger charge is -2.16. The van der Waals surface area contributed by atoms with Crippen LogP contribution < -0.4 is 5.32 Å². The molecule has 0 radical (unpaired) electrons. The molecular formula is C16H15BrFN3. The van der Waals surface area contributed by atoms with Crippen molar-refractivity contribution >= 4 is 26.8 Å². The van der Waals surface area contributed by atoms with Gasteiger partial charge in [-0.2, -0.15) is 5.10 Å². The number of fused-ring (bicyclic) bond motifs is 1. The summed E-state index contributed by atoms with van der Waals surface area (Å²) in [5, 5.41) is 8.78. The van der Waals surface area contributed by atoms with Crippen LogP contribution in [0.4, 0.5) is 4.39 Å². The van der Waals surface area contributed by atoms with E-state index in [1.165, 1.54) is 0 Å². The zero-order chi connectivity index (χ0) is 15.0. The number of rotatable bonds is 3. The molecule has 0 spiro atoms. The molecule has 5 heteroatoms. The normalized spacial score (nSPS) is 12.8. The highest BCUT2D eigenvalue weighted by Gasteiger charge is 2.22. The van der Waals surface area contributed by atoms with E-state index in [1.54, 1.807) is 12.1 Å². The Morgan fingerprint density at radius 2 is 1.95 bits per heavy atom. The van der Waals surface area contributed by atoms with Gasteiger partial charge < -0.3 is 5.32 Å². The van der Waals surface area contributed by atoms with Gasteiger partial charge in [0, 0.05) is 18.0 Å². The highest BCUT2D eigenvalue weighted by Crippen LogP contribution is 2.31. The van der Waals surface area contributed by atoms with Crippen molar-refractivity contribution in [1.82, 2.24) is 15.1 Å². The van der Waals surface area contributed by atoms with Crippen LogP contribution in [0, 0.1) is 5.82 Å². The number of hydrogen-bond donors (Lipinski definition) is 1. The molecule has 0 aliphatic carbocycles. The number of nitrogens with one attached hydrogen (secondary N) is 1. The van der Waals surface area contributed by atoms with Crippen molar-refractivity contribution in [3.63, 3.8) is 0 Å². The minimum Gasteiger partial charge on any atom is -0.308 e. The number of halogens is 2. The number of hydrogen-bond acceptors (Lipinski definition) is 2. The third-order valence-corrected chi connectivity index (χ3v) is 4.25. The van der Waals surface area contributed by atoms with Crippen LogP contribution in [0.1, 0.15) is 17.3 Å². The summed E-state index contributed by atoms with van der Waals surface area (Å²) in [6.45, 7) is 0. The maximum Gasteiger partial charge on any atom is 0.142 e. The van der Waals surface area contributed by atoms with Crippen molar-refractivity contribution in [3.05, 3.63) is 64.0 Å². The Morgan fingerprint density at radius 3 is 2.71 bits per heavy atom. The largest absolute Gasteiger partial charge is 0.308 e. The van der Waals surface area contributed by atoms with Crippen LogP contribution in [0.25, 0.3) is 10.9 Å². The molecule has 1 N–H and O–H groups in total. The van der Waals surface area contributed by atoms with E-state index in [2.05, 4.69) is 26.3 Å². The summed E-state index contributed by atoms with van der Waals surface area (Å²) in [4.78, 5) is 0. The topological polar surface area (TPSA) is 29.9 Å². The minimum absolute atomic E-state index is 0.258. The lowest BCUT2D eigenvalue weighted by molar-refractivity contribution is 0.562. The first-order valence-corrected chi connectivity index (χ1v) is 7.45. The Morgan fingerprint density at radius 1 is 1.19 bits per heavy atom. The van der Waals surface area contributed by atoms with E-state index in [-0.39, 0.29) is 11.9 Å². The van der Waals surface area contributed by atoms with Crippen molar-refractivity contribution in [1.29, 1.82) is 0 Å². The Balaban J connectivity index is 2.21. The highest BCUT2D eigenvalue weighted by atomic mass is 79.9. The van der Waals surface area contributed by atoms with E-state index in [9.17, 15) is 4.39 Å². The molecule has 21 heavy (non-hydrogen) atoms. The summed E-state index contributed by atoms with van der Waals surface area (Å²) in [5.41, 5.74) is 2.44. The van der Waals surface area contributed by atoms with Gasteiger partial charge in [-0.15, -0.1) is 0 Å². The highest BCUT2D eigenvalue weighted by molar-refractivity contribution is 9.10. The quantitative estimate of drug-likeness (QED) is 0.781. The van der Waals surface area contributed by atoms with E-state index in [1.807, 2.05) is 49.1 Å². The van der Waals surface area contributed by atoms with Gasteiger partial charge >= 0.3 is 0 Å². The van der Waals surface area contributed by atoms with Crippen molar-refractivity contribution in [2.75, 3.05) is 7.05 Å². The molecule has 0 aliphatic rings. The van der Waals surface area contributed by atoms with Gasteiger partial charge in [0.25, 0.3) is 0 Å². The van der Waals surface area contributed by atoms with Gasteiger partial charge in [-0.05, 0) is 35.1 Å². The smallest absolute Gasteiger partial charge is 0.142 e. The molecule has 3 rings (SSSR count). The molecule has 1 atom stereocenters. The fourth-order valence-corrected chi connectivity index (χ4v) is 3.02. The Kier molecular flexibility index (Phi) is 3.78. The maximum atomic E-state index is 14.4. The zero-order valence-electron chi connectivity index (χ0n) is 11.8. The lowest BCUT2D eigenvalue weighted by Crippen LogP contribution is -2.20. The summed E-state index contributed by atoms with van der Waals surface area (Å²) >= 11 is 3.24. The van der Waals surface area contributed by atoms with Crippen LogP contribution in [-0.2, 0) is 7.05 Å². The molecule has 3 aromatic rings. The summed E-state index contributed by atoms with van der Waals surface area (Å²) in [7, 11) is 3.71. The number of benzene rings is 2. The van der Waals surface area contributed by atoms with Gasteiger partial charge in [-0.3, -0.25) is 4.68 Å². The van der Waals surface area contributed by atoms with Crippen molar-refractivity contribution in [3.8, 4) is 0 Å². The standard InChI is InChI=1S/C16H15BrFN3/c1-19-15(11-7-5-8-12(17)14(11)18)16-10-6-3-4-9-13(10)21(2)20-16/h3-9,15,19H,1-2H3. The lowest BCUT2D eigenvalue weighted by atomic mass is 10.0. The third-order valence-electron chi connectivity index (χ3n) is 3.64. The Bertz CT molecular complexity index is 797. The van der Waals surface area contributed by atoms with Gasteiger partial charge in [0.2, 0.25) is 0 Å². The van der Waals surface area contributed by atoms with Crippen LogP contribution in [0.5, 0.6) is 0 Å². The van der Waals surface area contributed by atoms with Crippen LogP contribution >= 0.6 is 15.9 Å². The molecule has 0 saturated heterocycles. The number of aryl methyl sites for hydroxylation is 1. The van der Waals surface area contributed by atoms with E-state index in [4.69, 9.17) is 0 Å². The molecule has 3 nitrogen and oxygen atoms in total. The van der Waals surface area contributed by atoms with Crippen LogP contribution in [0.3, 0.4) is 0 Å². The van der Waals surface area contributed by atoms with Gasteiger partial charge in [0.1, 0.15) is 5.82 Å². The second-order valence-electron chi connectivity index (χ2n) is 4.89. The Labute approximate surface area is 130 Å². The predicted octanol–water partition coefficient (Wildman–Crippen LogP) is 3.78. The maximum absolute atomic E-state index is 14.4. The molecule has 0 bridgehead atoms. The van der Waals surface area contributed by atoms with Crippen LogP contribution in [0.2, 0.25) is 0 Å². The molecule has 1 aromatic heterocycles. The van der Waals surface area contributed by atoms with E-state index < -0.39 is 0 Å². The molecule has 0 saturated carbocycles. The predicted molar refractivity (Wildman–Crippen MR) is 85.7 cm³/mol. The van der Waals surface area contributed by atoms with Gasteiger partial charge in [-0.1, -0.05) is 30.3 Å². The minimum atomic E-state index is -0.298. The summed E-state index contributed by atoms with van der Waals surface area (Å²) in [6, 6.07) is 13.0. The van der Waals surface area contributed by atoms with E-state index in [0.717, 1.165) is 16.6 Å². The van der Waals surface area contributed by atoms with Gasteiger partial charge in [0.15, 0.2) is 0 Å². The van der Waals surface area contributed by atoms with Crippen molar-refractivity contribution in [2.45, 2.75) is 6.04 Å². The summed E-state index contributed by atoms with van der Waals surface area (Å²) < 4.78 is 16.7. The SMILES string of the molecule is CNC(c1cccc(Br)c1F)c1nn(C)c2ccccc12. The van der Waals surface area contributed by atoms with Crippen molar-refractivity contribution < 1.29 is 4.39 Å². The van der Waals surface area contributed by atoms with Crippen LogP contribution in [-0.4, -0.2) is 16.8 Å². The molecule has 1 heterocycles. The first-order chi connectivity index (χ1) is 10.1. The van der Waals surface area contributed by atoms with E-state index in [0.29, 0.717) is 10.0 Å². The number of para-hydroxylation sites is 1. The molecule has 0 fully saturated rings. The first kappa shape index (κ1) is 14.2. The second-order valence-corrected chi connectivity index (χ2v) is 5.75. The van der Waals surface area contributed by atoms with E-state index >= 15 is 0 Å². The van der Waals surface area contributed by atoms with Crippen molar-refractivity contribution in [2.24, 2.45) is 7.05 Å². The molecular weight excluding hydrogens is 333 g/mol. The fraction of sp³-hybridized carbons (Fsp3) is 0.188. The monoisotopic (exact) mass is 347 g/mol. The van der Waals surface area contributed by atoms with Gasteiger partial charge in [0.05, 0.1) is 21.7 Å². The zero-order valence-corrected chi connectivity index (χ0v) is 13.4. The van der Waals surface area contributed by atoms with Crippen LogP contribution in [0.15, 0.2) is 46.9 Å². The first-order valence-electron chi connectivity index (χ1n) is 6.66. The molecule has 108 valence electrons. The third kappa shape index (κ3) is 2.36. The summed E-state index contributed by atoms with van der Waals surface area (Å²) in [5.74, 6) is -0.258. The average Bonchev–Trinajstić information content (AvgIpc) is 2.82. The number of aromatic nitrogens is 2. The average molecular weight is 348 g/mol. The molecule has 1 unspecified atom stereocenters. The molecule has 2 aromatic carbocycles. The molecule has 0 aliphatic heterocycles. The molecule has 0 amide bonds. The number of nitrogens with zero attached hydrogens (tertiary/aromatic N) is 2. The Hall–Kier alpha value is -1.72. The van der Waals surface area contributed by atoms with Gasteiger partial charge in [-0.25, -0.2) is 4.39 Å².